The third-order valence-electron chi connectivity index (χ3n) is 5.83. The van der Waals surface area contributed by atoms with Gasteiger partial charge in [0.15, 0.2) is 5.82 Å². The third kappa shape index (κ3) is 6.37. The van der Waals surface area contributed by atoms with Crippen molar-refractivity contribution in [3.63, 3.8) is 0 Å². The van der Waals surface area contributed by atoms with E-state index in [0.717, 1.165) is 17.4 Å². The molecule has 0 aliphatic carbocycles. The van der Waals surface area contributed by atoms with E-state index < -0.39 is 23.3 Å². The molecule has 1 atom stereocenters. The van der Waals surface area contributed by atoms with Crippen LogP contribution < -0.4 is 4.74 Å². The highest BCUT2D eigenvalue weighted by atomic mass is 19.4. The van der Waals surface area contributed by atoms with E-state index in [2.05, 4.69) is 15.5 Å². The molecule has 7 nitrogen and oxygen atoms in total. The van der Waals surface area contributed by atoms with Crippen LogP contribution in [0.25, 0.3) is 0 Å². The van der Waals surface area contributed by atoms with Crippen LogP contribution >= 0.6 is 0 Å². The predicted molar refractivity (Wildman–Crippen MR) is 132 cm³/mol. The van der Waals surface area contributed by atoms with Gasteiger partial charge in [-0.3, -0.25) is 4.90 Å². The molecule has 0 aliphatic heterocycles. The van der Waals surface area contributed by atoms with E-state index in [4.69, 9.17) is 9.15 Å². The highest BCUT2D eigenvalue weighted by molar-refractivity contribution is 5.33. The number of hydrogen-bond acceptors (Lipinski definition) is 6. The minimum atomic E-state index is -4.49. The quantitative estimate of drug-likeness (QED) is 0.264. The summed E-state index contributed by atoms with van der Waals surface area (Å²) >= 11 is 0. The van der Waals surface area contributed by atoms with Crippen LogP contribution in [0.5, 0.6) is 5.75 Å². The molecular weight excluding hydrogens is 483 g/mol. The number of tetrazole rings is 1. The standard InChI is InChI=1S/C27H30F3N5O2/c1-5-36-22-13-11-19(12-14-22)17-34(18-23-10-7-15-37-23)24(25-31-32-33-35(25)26(2,3)4)20-8-6-9-21(16-20)27(28,29)30/h6-16,24H,5,17-18H2,1-4H3/t24-/m0/s1. The van der Waals surface area contributed by atoms with Gasteiger partial charge in [0.05, 0.1) is 36.6 Å². The fourth-order valence-corrected chi connectivity index (χ4v) is 4.18. The number of rotatable bonds is 9. The number of alkyl halides is 3. The average Bonchev–Trinajstić information content (AvgIpc) is 3.53. The first-order valence-corrected chi connectivity index (χ1v) is 12.0. The van der Waals surface area contributed by atoms with Crippen molar-refractivity contribution in [3.8, 4) is 5.75 Å². The van der Waals surface area contributed by atoms with Gasteiger partial charge in [0.25, 0.3) is 0 Å². The van der Waals surface area contributed by atoms with Crippen molar-refractivity contribution in [2.45, 2.75) is 58.5 Å². The summed E-state index contributed by atoms with van der Waals surface area (Å²) in [5, 5.41) is 12.4. The summed E-state index contributed by atoms with van der Waals surface area (Å²) in [6, 6.07) is 15.9. The summed E-state index contributed by atoms with van der Waals surface area (Å²) in [6.07, 6.45) is -2.92. The van der Waals surface area contributed by atoms with Crippen LogP contribution in [0, 0.1) is 0 Å². The molecule has 196 valence electrons. The Labute approximate surface area is 213 Å². The summed E-state index contributed by atoms with van der Waals surface area (Å²) in [5.74, 6) is 1.84. The average molecular weight is 514 g/mol. The molecule has 4 aromatic rings. The number of halogens is 3. The maximum atomic E-state index is 13.7. The highest BCUT2D eigenvalue weighted by Gasteiger charge is 2.35. The van der Waals surface area contributed by atoms with Crippen LogP contribution in [0.2, 0.25) is 0 Å². The second-order valence-electron chi connectivity index (χ2n) is 9.71. The highest BCUT2D eigenvalue weighted by Crippen LogP contribution is 2.36. The Balaban J connectivity index is 1.84. The van der Waals surface area contributed by atoms with Crippen LogP contribution in [0.1, 0.15) is 62.0 Å². The number of benzene rings is 2. The molecule has 37 heavy (non-hydrogen) atoms. The second kappa shape index (κ2) is 10.8. The molecule has 0 saturated heterocycles. The van der Waals surface area contributed by atoms with Crippen molar-refractivity contribution in [1.29, 1.82) is 0 Å². The van der Waals surface area contributed by atoms with Gasteiger partial charge in [0, 0.05) is 6.54 Å². The Kier molecular flexibility index (Phi) is 7.68. The Morgan fingerprint density at radius 1 is 1.00 bits per heavy atom. The van der Waals surface area contributed by atoms with Crippen LogP contribution in [0.4, 0.5) is 13.2 Å². The molecule has 0 spiro atoms. The molecule has 0 N–H and O–H groups in total. The van der Waals surface area contributed by atoms with Crippen LogP contribution in [0.15, 0.2) is 71.3 Å². The Bertz CT molecular complexity index is 1280. The van der Waals surface area contributed by atoms with Gasteiger partial charge in [-0.2, -0.15) is 13.2 Å². The second-order valence-corrected chi connectivity index (χ2v) is 9.71. The first-order chi connectivity index (χ1) is 17.6. The van der Waals surface area contributed by atoms with E-state index in [-0.39, 0.29) is 0 Å². The lowest BCUT2D eigenvalue weighted by Crippen LogP contribution is -2.35. The molecule has 0 amide bonds. The summed E-state index contributed by atoms with van der Waals surface area (Å²) in [7, 11) is 0. The van der Waals surface area contributed by atoms with E-state index in [1.807, 2.05) is 62.9 Å². The van der Waals surface area contributed by atoms with E-state index >= 15 is 0 Å². The minimum absolute atomic E-state index is 0.318. The molecule has 0 saturated carbocycles. The molecule has 2 heterocycles. The van der Waals surface area contributed by atoms with Gasteiger partial charge < -0.3 is 9.15 Å². The maximum Gasteiger partial charge on any atom is 0.416 e. The van der Waals surface area contributed by atoms with Crippen molar-refractivity contribution in [2.75, 3.05) is 6.61 Å². The Morgan fingerprint density at radius 3 is 2.38 bits per heavy atom. The smallest absolute Gasteiger partial charge is 0.416 e. The Morgan fingerprint density at radius 2 is 1.76 bits per heavy atom. The number of aromatic nitrogens is 4. The van der Waals surface area contributed by atoms with E-state index in [0.29, 0.717) is 36.8 Å². The van der Waals surface area contributed by atoms with Crippen molar-refractivity contribution >= 4 is 0 Å². The number of nitrogens with zero attached hydrogens (tertiary/aromatic N) is 5. The van der Waals surface area contributed by atoms with Crippen molar-refractivity contribution < 1.29 is 22.3 Å². The minimum Gasteiger partial charge on any atom is -0.494 e. The summed E-state index contributed by atoms with van der Waals surface area (Å²) in [5.41, 5.74) is 0.131. The first kappa shape index (κ1) is 26.4. The predicted octanol–water partition coefficient (Wildman–Crippen LogP) is 6.23. The normalized spacial score (nSPS) is 13.2. The lowest BCUT2D eigenvalue weighted by molar-refractivity contribution is -0.137. The maximum absolute atomic E-state index is 13.7. The van der Waals surface area contributed by atoms with Crippen molar-refractivity contribution in [1.82, 2.24) is 25.1 Å². The molecule has 10 heteroatoms. The number of furan rings is 1. The van der Waals surface area contributed by atoms with Gasteiger partial charge in [-0.25, -0.2) is 4.68 Å². The molecule has 0 aliphatic rings. The summed E-state index contributed by atoms with van der Waals surface area (Å²) in [6.45, 7) is 9.01. The SMILES string of the molecule is CCOc1ccc(CN(Cc2ccco2)[C@@H](c2cccc(C(F)(F)F)c2)c2nnnn2C(C)(C)C)cc1. The fraction of sp³-hybridized carbons (Fsp3) is 0.370. The van der Waals surface area contributed by atoms with Crippen LogP contribution in [0.3, 0.4) is 0 Å². The molecule has 0 fully saturated rings. The van der Waals surface area contributed by atoms with Gasteiger partial charge >= 0.3 is 6.18 Å². The molecule has 2 aromatic carbocycles. The first-order valence-electron chi connectivity index (χ1n) is 12.0. The zero-order valence-corrected chi connectivity index (χ0v) is 21.2. The zero-order valence-electron chi connectivity index (χ0n) is 21.2. The van der Waals surface area contributed by atoms with E-state index in [1.54, 1.807) is 23.1 Å². The van der Waals surface area contributed by atoms with E-state index in [1.165, 1.54) is 12.1 Å². The number of ether oxygens (including phenoxy) is 1. The van der Waals surface area contributed by atoms with E-state index in [9.17, 15) is 13.2 Å². The lowest BCUT2D eigenvalue weighted by Gasteiger charge is -2.33. The monoisotopic (exact) mass is 513 g/mol. The third-order valence-corrected chi connectivity index (χ3v) is 5.83. The van der Waals surface area contributed by atoms with Crippen molar-refractivity contribution in [3.05, 3.63) is 95.2 Å². The van der Waals surface area contributed by atoms with Crippen molar-refractivity contribution in [2.24, 2.45) is 0 Å². The largest absolute Gasteiger partial charge is 0.494 e. The van der Waals surface area contributed by atoms with Gasteiger partial charge in [-0.1, -0.05) is 24.3 Å². The molecule has 0 unspecified atom stereocenters. The van der Waals surface area contributed by atoms with Gasteiger partial charge in [0.2, 0.25) is 0 Å². The Hall–Kier alpha value is -3.66. The van der Waals surface area contributed by atoms with Crippen LogP contribution in [-0.2, 0) is 24.8 Å². The molecule has 4 rings (SSSR count). The summed E-state index contributed by atoms with van der Waals surface area (Å²) < 4.78 is 54.0. The fourth-order valence-electron chi connectivity index (χ4n) is 4.18. The lowest BCUT2D eigenvalue weighted by atomic mass is 9.99. The molecule has 0 bridgehead atoms. The molecule has 0 radical (unpaired) electrons. The van der Waals surface area contributed by atoms with Crippen LogP contribution in [-0.4, -0.2) is 31.7 Å². The summed E-state index contributed by atoms with van der Waals surface area (Å²) in [4.78, 5) is 2.01. The number of hydrogen-bond donors (Lipinski definition) is 0. The topological polar surface area (TPSA) is 69.2 Å². The molecule has 2 aromatic heterocycles. The van der Waals surface area contributed by atoms with Gasteiger partial charge in [0.1, 0.15) is 11.5 Å². The zero-order chi connectivity index (χ0) is 26.6. The van der Waals surface area contributed by atoms with Gasteiger partial charge in [-0.15, -0.1) is 5.10 Å². The molecular formula is C27H30F3N5O2. The van der Waals surface area contributed by atoms with Gasteiger partial charge in [-0.05, 0) is 85.6 Å².